The molecular formula is C24H32IN7O. The maximum atomic E-state index is 5.20. The zero-order valence-corrected chi connectivity index (χ0v) is 21.5. The van der Waals surface area contributed by atoms with Gasteiger partial charge in [-0.1, -0.05) is 30.3 Å². The molecule has 1 unspecified atom stereocenters. The van der Waals surface area contributed by atoms with Gasteiger partial charge in [0.1, 0.15) is 11.6 Å². The van der Waals surface area contributed by atoms with E-state index >= 15 is 0 Å². The lowest BCUT2D eigenvalue weighted by atomic mass is 10.2. The van der Waals surface area contributed by atoms with Crippen molar-refractivity contribution < 1.29 is 4.74 Å². The molecule has 9 heteroatoms. The van der Waals surface area contributed by atoms with Crippen molar-refractivity contribution in [2.24, 2.45) is 4.99 Å². The van der Waals surface area contributed by atoms with Crippen molar-refractivity contribution in [2.45, 2.75) is 32.0 Å². The number of methoxy groups -OCH3 is 1. The lowest BCUT2D eigenvalue weighted by Crippen LogP contribution is -2.44. The van der Waals surface area contributed by atoms with E-state index in [4.69, 9.17) is 4.74 Å². The molecule has 1 aliphatic heterocycles. The van der Waals surface area contributed by atoms with Crippen LogP contribution in [0.15, 0.2) is 59.6 Å². The van der Waals surface area contributed by atoms with E-state index < -0.39 is 0 Å². The molecule has 3 N–H and O–H groups in total. The second kappa shape index (κ2) is 12.5. The van der Waals surface area contributed by atoms with Gasteiger partial charge in [0.05, 0.1) is 13.7 Å². The van der Waals surface area contributed by atoms with E-state index in [-0.39, 0.29) is 24.0 Å². The number of halogens is 1. The highest BCUT2D eigenvalue weighted by Crippen LogP contribution is 2.20. The summed E-state index contributed by atoms with van der Waals surface area (Å²) in [6.07, 6.45) is 2.43. The molecule has 2 heterocycles. The number of H-pyrrole nitrogens is 1. The number of likely N-dealkylation sites (tertiary alicyclic amines) is 1. The molecule has 1 aliphatic rings. The minimum absolute atomic E-state index is 0. The average molecular weight is 561 g/mol. The van der Waals surface area contributed by atoms with Crippen molar-refractivity contribution in [1.82, 2.24) is 30.7 Å². The van der Waals surface area contributed by atoms with Gasteiger partial charge in [0, 0.05) is 31.7 Å². The first-order valence-corrected chi connectivity index (χ1v) is 11.0. The summed E-state index contributed by atoms with van der Waals surface area (Å²) in [6, 6.07) is 18.9. The Morgan fingerprint density at radius 3 is 2.67 bits per heavy atom. The molecule has 0 bridgehead atoms. The number of ether oxygens (including phenoxy) is 1. The van der Waals surface area contributed by atoms with Gasteiger partial charge in [-0.2, -0.15) is 5.10 Å². The molecule has 4 rings (SSSR count). The molecule has 176 valence electrons. The Morgan fingerprint density at radius 1 is 1.15 bits per heavy atom. The Kier molecular flexibility index (Phi) is 9.49. The van der Waals surface area contributed by atoms with E-state index in [2.05, 4.69) is 66.0 Å². The largest absolute Gasteiger partial charge is 0.497 e. The molecule has 0 radical (unpaired) electrons. The van der Waals surface area contributed by atoms with Gasteiger partial charge in [0.2, 0.25) is 0 Å². The molecule has 8 nitrogen and oxygen atoms in total. The zero-order valence-electron chi connectivity index (χ0n) is 19.1. The van der Waals surface area contributed by atoms with E-state index in [1.165, 1.54) is 18.4 Å². The molecular weight excluding hydrogens is 529 g/mol. The number of aliphatic imine (C=N–C) groups is 1. The molecule has 33 heavy (non-hydrogen) atoms. The second-order valence-corrected chi connectivity index (χ2v) is 7.89. The van der Waals surface area contributed by atoms with Crippen LogP contribution in [-0.4, -0.2) is 59.3 Å². The highest BCUT2D eigenvalue weighted by Gasteiger charge is 2.24. The van der Waals surface area contributed by atoms with Gasteiger partial charge >= 0.3 is 0 Å². The van der Waals surface area contributed by atoms with Crippen LogP contribution in [0.2, 0.25) is 0 Å². The number of nitrogens with zero attached hydrogens (tertiary/aromatic N) is 4. The molecule has 2 aromatic carbocycles. The molecule has 3 aromatic rings. The number of aromatic nitrogens is 3. The average Bonchev–Trinajstić information content (AvgIpc) is 3.50. The summed E-state index contributed by atoms with van der Waals surface area (Å²) in [5.74, 6) is 2.99. The lowest BCUT2D eigenvalue weighted by molar-refractivity contribution is 0.245. The van der Waals surface area contributed by atoms with Crippen LogP contribution in [0.5, 0.6) is 5.75 Å². The minimum atomic E-state index is 0. The SMILES string of the molecule is CN=C(NCc1nc(-c2ccc(OC)cc2)n[nH]1)NCC1CCCN1Cc1ccccc1.I. The maximum absolute atomic E-state index is 5.20. The smallest absolute Gasteiger partial charge is 0.191 e. The van der Waals surface area contributed by atoms with Crippen molar-refractivity contribution in [3.05, 3.63) is 66.0 Å². The summed E-state index contributed by atoms with van der Waals surface area (Å²) < 4.78 is 5.20. The van der Waals surface area contributed by atoms with Crippen LogP contribution in [0.1, 0.15) is 24.2 Å². The Morgan fingerprint density at radius 2 is 1.94 bits per heavy atom. The number of benzene rings is 2. The Bertz CT molecular complexity index is 1010. The molecule has 1 fully saturated rings. The quantitative estimate of drug-likeness (QED) is 0.222. The van der Waals surface area contributed by atoms with Gasteiger partial charge in [0.15, 0.2) is 11.8 Å². The van der Waals surface area contributed by atoms with Crippen molar-refractivity contribution in [1.29, 1.82) is 0 Å². The Labute approximate surface area is 212 Å². The molecule has 0 saturated carbocycles. The van der Waals surface area contributed by atoms with Crippen molar-refractivity contribution in [3.8, 4) is 17.1 Å². The number of rotatable bonds is 8. The van der Waals surface area contributed by atoms with Crippen LogP contribution < -0.4 is 15.4 Å². The Balaban J connectivity index is 0.00000306. The highest BCUT2D eigenvalue weighted by atomic mass is 127. The molecule has 0 spiro atoms. The van der Waals surface area contributed by atoms with Crippen LogP contribution >= 0.6 is 24.0 Å². The molecule has 0 aliphatic carbocycles. The third-order valence-electron chi connectivity index (χ3n) is 5.76. The number of guanidine groups is 1. The number of nitrogens with one attached hydrogen (secondary N) is 3. The van der Waals surface area contributed by atoms with E-state index in [1.807, 2.05) is 24.3 Å². The lowest BCUT2D eigenvalue weighted by Gasteiger charge is -2.25. The summed E-state index contributed by atoms with van der Waals surface area (Å²) in [6.45, 7) is 3.51. The predicted octanol–water partition coefficient (Wildman–Crippen LogP) is 3.43. The summed E-state index contributed by atoms with van der Waals surface area (Å²) in [4.78, 5) is 11.5. The third kappa shape index (κ3) is 6.91. The number of aromatic amines is 1. The van der Waals surface area contributed by atoms with Gasteiger partial charge in [-0.15, -0.1) is 24.0 Å². The van der Waals surface area contributed by atoms with E-state index in [0.29, 0.717) is 18.4 Å². The van der Waals surface area contributed by atoms with Crippen LogP contribution in [0.4, 0.5) is 0 Å². The topological polar surface area (TPSA) is 90.5 Å². The summed E-state index contributed by atoms with van der Waals surface area (Å²) >= 11 is 0. The fourth-order valence-electron chi connectivity index (χ4n) is 4.00. The second-order valence-electron chi connectivity index (χ2n) is 7.89. The van der Waals surface area contributed by atoms with Crippen LogP contribution in [0.3, 0.4) is 0 Å². The van der Waals surface area contributed by atoms with Gasteiger partial charge in [-0.05, 0) is 49.2 Å². The van der Waals surface area contributed by atoms with Crippen molar-refractivity contribution in [3.63, 3.8) is 0 Å². The fourth-order valence-corrected chi connectivity index (χ4v) is 4.00. The minimum Gasteiger partial charge on any atom is -0.497 e. The van der Waals surface area contributed by atoms with Crippen molar-refractivity contribution in [2.75, 3.05) is 27.2 Å². The molecule has 1 atom stereocenters. The van der Waals surface area contributed by atoms with E-state index in [0.717, 1.165) is 42.7 Å². The predicted molar refractivity (Wildman–Crippen MR) is 142 cm³/mol. The maximum Gasteiger partial charge on any atom is 0.191 e. The van der Waals surface area contributed by atoms with Crippen LogP contribution in [0.25, 0.3) is 11.4 Å². The third-order valence-corrected chi connectivity index (χ3v) is 5.76. The van der Waals surface area contributed by atoms with Gasteiger partial charge in [0.25, 0.3) is 0 Å². The van der Waals surface area contributed by atoms with E-state index in [1.54, 1.807) is 14.2 Å². The monoisotopic (exact) mass is 561 g/mol. The fraction of sp³-hybridized carbons (Fsp3) is 0.375. The van der Waals surface area contributed by atoms with E-state index in [9.17, 15) is 0 Å². The molecule has 0 amide bonds. The van der Waals surface area contributed by atoms with Gasteiger partial charge < -0.3 is 15.4 Å². The first-order chi connectivity index (χ1) is 15.7. The summed E-state index contributed by atoms with van der Waals surface area (Å²) in [7, 11) is 3.44. The standard InChI is InChI=1S/C24H31N7O.HI/c1-25-24(26-15-20-9-6-14-31(20)17-18-7-4-3-5-8-18)27-16-22-28-23(30-29-22)19-10-12-21(32-2)13-11-19;/h3-5,7-8,10-13,20H,6,9,14-17H2,1-2H3,(H2,25,26,27)(H,28,29,30);1H. The highest BCUT2D eigenvalue weighted by molar-refractivity contribution is 14.0. The Hall–Kier alpha value is -2.66. The summed E-state index contributed by atoms with van der Waals surface area (Å²) in [5, 5.41) is 14.1. The van der Waals surface area contributed by atoms with Crippen LogP contribution in [0, 0.1) is 0 Å². The first-order valence-electron chi connectivity index (χ1n) is 11.0. The van der Waals surface area contributed by atoms with Gasteiger partial charge in [-0.25, -0.2) is 4.98 Å². The number of hydrogen-bond acceptors (Lipinski definition) is 5. The van der Waals surface area contributed by atoms with Crippen LogP contribution in [-0.2, 0) is 13.1 Å². The molecule has 1 aromatic heterocycles. The summed E-state index contributed by atoms with van der Waals surface area (Å²) in [5.41, 5.74) is 2.30. The zero-order chi connectivity index (χ0) is 22.2. The van der Waals surface area contributed by atoms with Crippen molar-refractivity contribution >= 4 is 29.9 Å². The first kappa shape index (κ1) is 25.0. The molecule has 1 saturated heterocycles. The van der Waals surface area contributed by atoms with Gasteiger partial charge in [-0.3, -0.25) is 15.0 Å². The normalized spacial score (nSPS) is 16.3. The number of hydrogen-bond donors (Lipinski definition) is 3.